The van der Waals surface area contributed by atoms with Gasteiger partial charge in [-0.2, -0.15) is 0 Å². The molecule has 1 heterocycles. The first-order chi connectivity index (χ1) is 10.7. The maximum atomic E-state index is 12.4. The minimum absolute atomic E-state index is 0.0752. The topological polar surface area (TPSA) is 66.5 Å². The van der Waals surface area contributed by atoms with Gasteiger partial charge in [0.25, 0.3) is 11.8 Å². The Morgan fingerprint density at radius 3 is 1.83 bits per heavy atom. The van der Waals surface area contributed by atoms with Crippen molar-refractivity contribution >= 4 is 64.1 Å². The summed E-state index contributed by atoms with van der Waals surface area (Å²) in [4.78, 5) is 37.5. The van der Waals surface area contributed by atoms with Crippen molar-refractivity contribution < 1.29 is 14.4 Å². The van der Waals surface area contributed by atoms with Crippen LogP contribution < -0.4 is 5.32 Å². The van der Waals surface area contributed by atoms with Crippen LogP contribution >= 0.6 is 46.4 Å². The minimum atomic E-state index is -0.727. The molecule has 0 spiro atoms. The lowest BCUT2D eigenvalue weighted by molar-refractivity contribution is -0.122. The lowest BCUT2D eigenvalue weighted by Crippen LogP contribution is -2.43. The zero-order valence-corrected chi connectivity index (χ0v) is 15.2. The summed E-state index contributed by atoms with van der Waals surface area (Å²) in [6, 6.07) is -0.0752. The van der Waals surface area contributed by atoms with E-state index in [0.717, 1.165) is 11.3 Å². The van der Waals surface area contributed by atoms with Crippen LogP contribution in [-0.2, 0) is 4.79 Å². The van der Waals surface area contributed by atoms with Crippen LogP contribution in [0.25, 0.3) is 0 Å². The van der Waals surface area contributed by atoms with Crippen molar-refractivity contribution in [3.63, 3.8) is 0 Å². The van der Waals surface area contributed by atoms with Gasteiger partial charge >= 0.3 is 0 Å². The van der Waals surface area contributed by atoms with E-state index in [-0.39, 0.29) is 37.3 Å². The van der Waals surface area contributed by atoms with Gasteiger partial charge in [0.2, 0.25) is 5.91 Å². The molecule has 1 aromatic rings. The molecule has 2 rings (SSSR count). The average molecular weight is 398 g/mol. The van der Waals surface area contributed by atoms with Crippen LogP contribution in [0, 0.1) is 0 Å². The van der Waals surface area contributed by atoms with Gasteiger partial charge in [-0.3, -0.25) is 19.3 Å². The van der Waals surface area contributed by atoms with Crippen molar-refractivity contribution in [1.29, 1.82) is 0 Å². The lowest BCUT2D eigenvalue weighted by Gasteiger charge is -2.16. The van der Waals surface area contributed by atoms with E-state index in [1.807, 2.05) is 13.8 Å². The monoisotopic (exact) mass is 396 g/mol. The van der Waals surface area contributed by atoms with Crippen molar-refractivity contribution in [3.8, 4) is 0 Å². The highest BCUT2D eigenvalue weighted by molar-refractivity contribution is 6.55. The Labute approximate surface area is 152 Å². The summed E-state index contributed by atoms with van der Waals surface area (Å²) in [5.41, 5.74) is -0.264. The number of imide groups is 1. The molecule has 3 amide bonds. The maximum Gasteiger partial charge on any atom is 0.263 e. The fourth-order valence-electron chi connectivity index (χ4n) is 2.11. The third kappa shape index (κ3) is 3.15. The van der Waals surface area contributed by atoms with Gasteiger partial charge in [0, 0.05) is 6.04 Å². The van der Waals surface area contributed by atoms with Gasteiger partial charge in [0.1, 0.15) is 6.54 Å². The number of rotatable bonds is 4. The summed E-state index contributed by atoms with van der Waals surface area (Å²) >= 11 is 23.8. The summed E-state index contributed by atoms with van der Waals surface area (Å²) < 4.78 is 0. The van der Waals surface area contributed by atoms with Gasteiger partial charge in [-0.05, 0) is 13.3 Å². The Hall–Kier alpha value is -1.01. The van der Waals surface area contributed by atoms with E-state index < -0.39 is 24.3 Å². The van der Waals surface area contributed by atoms with Crippen LogP contribution in [0.1, 0.15) is 41.0 Å². The molecule has 1 aliphatic heterocycles. The number of carbonyl (C=O) groups is 3. The van der Waals surface area contributed by atoms with E-state index in [9.17, 15) is 14.4 Å². The third-order valence-electron chi connectivity index (χ3n) is 3.51. The van der Waals surface area contributed by atoms with Crippen molar-refractivity contribution in [3.05, 3.63) is 31.2 Å². The summed E-state index contributed by atoms with van der Waals surface area (Å²) in [5, 5.41) is 2.15. The molecule has 1 atom stereocenters. The van der Waals surface area contributed by atoms with Crippen LogP contribution in [0.2, 0.25) is 20.1 Å². The van der Waals surface area contributed by atoms with Gasteiger partial charge in [0.15, 0.2) is 0 Å². The highest BCUT2D eigenvalue weighted by Gasteiger charge is 2.42. The molecular weight excluding hydrogens is 386 g/mol. The average Bonchev–Trinajstić information content (AvgIpc) is 2.75. The van der Waals surface area contributed by atoms with Crippen molar-refractivity contribution in [1.82, 2.24) is 10.2 Å². The highest BCUT2D eigenvalue weighted by atomic mass is 35.5. The van der Waals surface area contributed by atoms with E-state index >= 15 is 0 Å². The highest BCUT2D eigenvalue weighted by Crippen LogP contribution is 2.44. The quantitative estimate of drug-likeness (QED) is 0.477. The molecule has 0 aromatic heterocycles. The zero-order valence-electron chi connectivity index (χ0n) is 12.2. The van der Waals surface area contributed by atoms with Crippen molar-refractivity contribution in [2.45, 2.75) is 26.3 Å². The Balaban J connectivity index is 2.37. The fourth-order valence-corrected chi connectivity index (χ4v) is 3.12. The Morgan fingerprint density at radius 1 is 1.00 bits per heavy atom. The molecule has 1 aromatic carbocycles. The second-order valence-corrected chi connectivity index (χ2v) is 6.59. The molecule has 0 saturated carbocycles. The normalized spacial score (nSPS) is 15.0. The van der Waals surface area contributed by atoms with Crippen LogP contribution in [0.3, 0.4) is 0 Å². The summed E-state index contributed by atoms with van der Waals surface area (Å²) in [7, 11) is 0. The van der Waals surface area contributed by atoms with Gasteiger partial charge in [-0.25, -0.2) is 0 Å². The number of hydrogen-bond donors (Lipinski definition) is 1. The molecule has 1 N–H and O–H groups in total. The predicted molar refractivity (Wildman–Crippen MR) is 89.7 cm³/mol. The summed E-state index contributed by atoms with van der Waals surface area (Å²) in [5.74, 6) is -1.91. The number of benzene rings is 1. The smallest absolute Gasteiger partial charge is 0.263 e. The van der Waals surface area contributed by atoms with Crippen LogP contribution in [0.4, 0.5) is 0 Å². The number of carbonyl (C=O) groups excluding carboxylic acids is 3. The number of hydrogen-bond acceptors (Lipinski definition) is 3. The lowest BCUT2D eigenvalue weighted by atomic mass is 10.1. The molecule has 1 aliphatic rings. The second-order valence-electron chi connectivity index (χ2n) is 5.08. The van der Waals surface area contributed by atoms with E-state index in [2.05, 4.69) is 5.32 Å². The summed E-state index contributed by atoms with van der Waals surface area (Å²) in [6.07, 6.45) is 0.719. The molecule has 0 fully saturated rings. The molecule has 5 nitrogen and oxygen atoms in total. The predicted octanol–water partition coefficient (Wildman–Crippen LogP) is 3.81. The van der Waals surface area contributed by atoms with Gasteiger partial charge in [0.05, 0.1) is 31.2 Å². The number of halogens is 4. The fraction of sp³-hybridized carbons (Fsp3) is 0.357. The molecule has 1 unspecified atom stereocenters. The standard InChI is InChI=1S/C14H12Cl4N2O3/c1-3-5(2)19-6(21)4-20-13(22)7-8(14(20)23)10(16)12(18)11(17)9(7)15/h5H,3-4H2,1-2H3,(H,19,21). The van der Waals surface area contributed by atoms with Gasteiger partial charge < -0.3 is 5.32 Å². The Kier molecular flexibility index (Phi) is 5.46. The summed E-state index contributed by atoms with van der Waals surface area (Å²) in [6.45, 7) is 3.28. The SMILES string of the molecule is CCC(C)NC(=O)CN1C(=O)c2c(Cl)c(Cl)c(Cl)c(Cl)c2C1=O. The van der Waals surface area contributed by atoms with E-state index in [0.29, 0.717) is 0 Å². The number of nitrogens with one attached hydrogen (secondary N) is 1. The second kappa shape index (κ2) is 6.85. The number of amides is 3. The molecule has 23 heavy (non-hydrogen) atoms. The van der Waals surface area contributed by atoms with Crippen LogP contribution in [-0.4, -0.2) is 35.2 Å². The molecule has 124 valence electrons. The molecule has 0 saturated heterocycles. The molecule has 0 bridgehead atoms. The van der Waals surface area contributed by atoms with E-state index in [4.69, 9.17) is 46.4 Å². The Morgan fingerprint density at radius 2 is 1.43 bits per heavy atom. The molecular formula is C14H12Cl4N2O3. The largest absolute Gasteiger partial charge is 0.352 e. The molecule has 0 aliphatic carbocycles. The van der Waals surface area contributed by atoms with E-state index in [1.165, 1.54) is 0 Å². The third-order valence-corrected chi connectivity index (χ3v) is 5.31. The van der Waals surface area contributed by atoms with E-state index in [1.54, 1.807) is 0 Å². The Bertz CT molecular complexity index is 674. The zero-order chi connectivity index (χ0) is 17.5. The van der Waals surface area contributed by atoms with Crippen molar-refractivity contribution in [2.24, 2.45) is 0 Å². The first-order valence-corrected chi connectivity index (χ1v) is 8.23. The first kappa shape index (κ1) is 18.3. The first-order valence-electron chi connectivity index (χ1n) is 6.72. The van der Waals surface area contributed by atoms with Crippen LogP contribution in [0.5, 0.6) is 0 Å². The molecule has 0 radical (unpaired) electrons. The number of fused-ring (bicyclic) bond motifs is 1. The van der Waals surface area contributed by atoms with Gasteiger partial charge in [-0.1, -0.05) is 53.3 Å². The van der Waals surface area contributed by atoms with Crippen molar-refractivity contribution in [2.75, 3.05) is 6.54 Å². The minimum Gasteiger partial charge on any atom is -0.352 e. The van der Waals surface area contributed by atoms with Crippen LogP contribution in [0.15, 0.2) is 0 Å². The maximum absolute atomic E-state index is 12.4. The van der Waals surface area contributed by atoms with Gasteiger partial charge in [-0.15, -0.1) is 0 Å². The molecule has 9 heteroatoms. The number of nitrogens with zero attached hydrogens (tertiary/aromatic N) is 1.